The summed E-state index contributed by atoms with van der Waals surface area (Å²) in [4.78, 5) is 36.4. The number of nitrogens with zero attached hydrogens (tertiary/aromatic N) is 4. The highest BCUT2D eigenvalue weighted by molar-refractivity contribution is 6.02. The van der Waals surface area contributed by atoms with Crippen LogP contribution in [-0.2, 0) is 4.79 Å². The molecule has 0 radical (unpaired) electrons. The summed E-state index contributed by atoms with van der Waals surface area (Å²) in [7, 11) is 2.10. The normalized spacial score (nSPS) is 14.8. The summed E-state index contributed by atoms with van der Waals surface area (Å²) in [6, 6.07) is 6.88. The lowest BCUT2D eigenvalue weighted by molar-refractivity contribution is -0.114. The van der Waals surface area contributed by atoms with Gasteiger partial charge in [0.25, 0.3) is 5.91 Å². The Balaban J connectivity index is 1.60. The van der Waals surface area contributed by atoms with Crippen molar-refractivity contribution >= 4 is 29.0 Å². The first-order valence-corrected chi connectivity index (χ1v) is 8.46. The molecule has 26 heavy (non-hydrogen) atoms. The molecule has 136 valence electrons. The fraction of sp³-hybridized carbons (Fsp3) is 0.333. The van der Waals surface area contributed by atoms with E-state index in [1.165, 1.54) is 13.1 Å². The van der Waals surface area contributed by atoms with Gasteiger partial charge in [-0.3, -0.25) is 9.59 Å². The van der Waals surface area contributed by atoms with Crippen LogP contribution in [0.15, 0.2) is 36.7 Å². The quantitative estimate of drug-likeness (QED) is 0.863. The number of anilines is 3. The average molecular weight is 354 g/mol. The van der Waals surface area contributed by atoms with Gasteiger partial charge in [-0.05, 0) is 31.3 Å². The van der Waals surface area contributed by atoms with E-state index in [1.54, 1.807) is 30.5 Å². The zero-order valence-electron chi connectivity index (χ0n) is 14.9. The number of benzene rings is 1. The highest BCUT2D eigenvalue weighted by Crippen LogP contribution is 2.15. The average Bonchev–Trinajstić information content (AvgIpc) is 2.64. The minimum atomic E-state index is -0.324. The number of rotatable bonds is 4. The number of hydrogen-bond donors (Lipinski definition) is 2. The Labute approximate surface area is 152 Å². The molecule has 2 aromatic rings. The standard InChI is InChI=1S/C18H22N6O2/c1-13(25)21-14-3-5-15(6-4-14)22-18(26)16-11-20-17(12-19-16)24-9-7-23(2)8-10-24/h3-6,11-12H,7-10H2,1-2H3,(H,21,25)(H,22,26). The molecule has 0 aliphatic carbocycles. The van der Waals surface area contributed by atoms with Gasteiger partial charge in [0.15, 0.2) is 0 Å². The maximum atomic E-state index is 12.3. The molecule has 0 spiro atoms. The molecule has 1 aromatic heterocycles. The molecular formula is C18H22N6O2. The number of carbonyl (C=O) groups is 2. The van der Waals surface area contributed by atoms with Crippen molar-refractivity contribution in [3.8, 4) is 0 Å². The minimum absolute atomic E-state index is 0.141. The lowest BCUT2D eigenvalue weighted by Gasteiger charge is -2.32. The van der Waals surface area contributed by atoms with Crippen LogP contribution in [0.4, 0.5) is 17.2 Å². The van der Waals surface area contributed by atoms with E-state index in [1.807, 2.05) is 0 Å². The molecule has 2 amide bonds. The van der Waals surface area contributed by atoms with Gasteiger partial charge in [0, 0.05) is 44.5 Å². The number of aromatic nitrogens is 2. The lowest BCUT2D eigenvalue weighted by atomic mass is 10.2. The molecule has 0 bridgehead atoms. The van der Waals surface area contributed by atoms with Gasteiger partial charge in [-0.15, -0.1) is 0 Å². The zero-order valence-corrected chi connectivity index (χ0v) is 14.9. The van der Waals surface area contributed by atoms with Crippen LogP contribution in [0, 0.1) is 0 Å². The summed E-state index contributed by atoms with van der Waals surface area (Å²) in [6.45, 7) is 5.21. The van der Waals surface area contributed by atoms with Crippen molar-refractivity contribution in [3.63, 3.8) is 0 Å². The van der Waals surface area contributed by atoms with E-state index >= 15 is 0 Å². The lowest BCUT2D eigenvalue weighted by Crippen LogP contribution is -2.44. The van der Waals surface area contributed by atoms with Crippen molar-refractivity contribution in [2.75, 3.05) is 48.8 Å². The molecule has 1 aromatic carbocycles. The Bertz CT molecular complexity index is 767. The maximum absolute atomic E-state index is 12.3. The Morgan fingerprint density at radius 3 is 2.08 bits per heavy atom. The second kappa shape index (κ2) is 7.92. The predicted octanol–water partition coefficient (Wildman–Crippen LogP) is 1.44. The highest BCUT2D eigenvalue weighted by Gasteiger charge is 2.16. The van der Waals surface area contributed by atoms with Crippen molar-refractivity contribution in [2.24, 2.45) is 0 Å². The van der Waals surface area contributed by atoms with Crippen molar-refractivity contribution < 1.29 is 9.59 Å². The third-order valence-electron chi connectivity index (χ3n) is 4.16. The van der Waals surface area contributed by atoms with E-state index in [9.17, 15) is 9.59 Å². The van der Waals surface area contributed by atoms with Crippen LogP contribution in [-0.4, -0.2) is 59.9 Å². The SMILES string of the molecule is CC(=O)Nc1ccc(NC(=O)c2cnc(N3CCN(C)CC3)cn2)cc1. The summed E-state index contributed by atoms with van der Waals surface area (Å²) in [5.41, 5.74) is 1.55. The second-order valence-electron chi connectivity index (χ2n) is 6.26. The Kier molecular flexibility index (Phi) is 5.43. The Morgan fingerprint density at radius 2 is 1.54 bits per heavy atom. The van der Waals surface area contributed by atoms with E-state index in [4.69, 9.17) is 0 Å². The number of amides is 2. The fourth-order valence-electron chi connectivity index (χ4n) is 2.67. The molecule has 1 fully saturated rings. The summed E-state index contributed by atoms with van der Waals surface area (Å²) < 4.78 is 0. The molecule has 1 saturated heterocycles. The van der Waals surface area contributed by atoms with Gasteiger partial charge in [0.2, 0.25) is 5.91 Å². The highest BCUT2D eigenvalue weighted by atomic mass is 16.2. The summed E-state index contributed by atoms with van der Waals surface area (Å²) in [6.07, 6.45) is 3.13. The van der Waals surface area contributed by atoms with Crippen LogP contribution in [0.3, 0.4) is 0 Å². The minimum Gasteiger partial charge on any atom is -0.353 e. The van der Waals surface area contributed by atoms with Gasteiger partial charge in [-0.1, -0.05) is 0 Å². The van der Waals surface area contributed by atoms with Gasteiger partial charge in [0.1, 0.15) is 11.5 Å². The first kappa shape index (κ1) is 17.8. The molecule has 8 heteroatoms. The van der Waals surface area contributed by atoms with Crippen LogP contribution in [0.1, 0.15) is 17.4 Å². The van der Waals surface area contributed by atoms with Crippen LogP contribution in [0.25, 0.3) is 0 Å². The molecule has 0 unspecified atom stereocenters. The van der Waals surface area contributed by atoms with Gasteiger partial charge in [-0.25, -0.2) is 9.97 Å². The smallest absolute Gasteiger partial charge is 0.275 e. The van der Waals surface area contributed by atoms with Gasteiger partial charge in [-0.2, -0.15) is 0 Å². The molecular weight excluding hydrogens is 332 g/mol. The van der Waals surface area contributed by atoms with E-state index < -0.39 is 0 Å². The molecule has 0 saturated carbocycles. The third kappa shape index (κ3) is 4.54. The number of nitrogens with one attached hydrogen (secondary N) is 2. The van der Waals surface area contributed by atoms with Crippen LogP contribution in [0.2, 0.25) is 0 Å². The second-order valence-corrected chi connectivity index (χ2v) is 6.26. The fourth-order valence-corrected chi connectivity index (χ4v) is 2.67. The zero-order chi connectivity index (χ0) is 18.5. The van der Waals surface area contributed by atoms with E-state index in [-0.39, 0.29) is 17.5 Å². The molecule has 0 atom stereocenters. The summed E-state index contributed by atoms with van der Waals surface area (Å²) in [5.74, 6) is 0.321. The van der Waals surface area contributed by atoms with Crippen LogP contribution in [0.5, 0.6) is 0 Å². The largest absolute Gasteiger partial charge is 0.353 e. The number of likely N-dealkylation sites (N-methyl/N-ethyl adjacent to an activating group) is 1. The van der Waals surface area contributed by atoms with Crippen LogP contribution >= 0.6 is 0 Å². The van der Waals surface area contributed by atoms with Gasteiger partial charge < -0.3 is 20.4 Å². The van der Waals surface area contributed by atoms with E-state index in [2.05, 4.69) is 37.4 Å². The number of hydrogen-bond acceptors (Lipinski definition) is 6. The topological polar surface area (TPSA) is 90.5 Å². The van der Waals surface area contributed by atoms with Crippen molar-refractivity contribution in [3.05, 3.63) is 42.4 Å². The van der Waals surface area contributed by atoms with Crippen molar-refractivity contribution in [1.29, 1.82) is 0 Å². The van der Waals surface area contributed by atoms with Crippen molar-refractivity contribution in [1.82, 2.24) is 14.9 Å². The van der Waals surface area contributed by atoms with Crippen LogP contribution < -0.4 is 15.5 Å². The first-order valence-electron chi connectivity index (χ1n) is 8.46. The molecule has 3 rings (SSSR count). The van der Waals surface area contributed by atoms with Crippen molar-refractivity contribution in [2.45, 2.75) is 6.92 Å². The monoisotopic (exact) mass is 354 g/mol. The number of piperazine rings is 1. The van der Waals surface area contributed by atoms with E-state index in [0.29, 0.717) is 11.4 Å². The predicted molar refractivity (Wildman–Crippen MR) is 100 cm³/mol. The molecule has 2 N–H and O–H groups in total. The number of carbonyl (C=O) groups excluding carboxylic acids is 2. The molecule has 1 aliphatic rings. The maximum Gasteiger partial charge on any atom is 0.275 e. The molecule has 1 aliphatic heterocycles. The molecule has 8 nitrogen and oxygen atoms in total. The first-order chi connectivity index (χ1) is 12.5. The Morgan fingerprint density at radius 1 is 0.923 bits per heavy atom. The van der Waals surface area contributed by atoms with Gasteiger partial charge >= 0.3 is 0 Å². The van der Waals surface area contributed by atoms with E-state index in [0.717, 1.165) is 32.0 Å². The summed E-state index contributed by atoms with van der Waals surface area (Å²) in [5, 5.41) is 5.44. The third-order valence-corrected chi connectivity index (χ3v) is 4.16. The Hall–Kier alpha value is -3.00. The summed E-state index contributed by atoms with van der Waals surface area (Å²) >= 11 is 0. The van der Waals surface area contributed by atoms with Gasteiger partial charge in [0.05, 0.1) is 12.4 Å². The molecule has 2 heterocycles.